The van der Waals surface area contributed by atoms with Crippen LogP contribution >= 0.6 is 23.2 Å². The Hall–Kier alpha value is -0.980. The van der Waals surface area contributed by atoms with E-state index in [9.17, 15) is 0 Å². The molecule has 0 nitrogen and oxygen atoms in total. The van der Waals surface area contributed by atoms with Gasteiger partial charge in [0, 0.05) is 10.0 Å². The van der Waals surface area contributed by atoms with Gasteiger partial charge in [-0.15, -0.1) is 0 Å². The van der Waals surface area contributed by atoms with Gasteiger partial charge in [-0.1, -0.05) is 67.4 Å². The summed E-state index contributed by atoms with van der Waals surface area (Å²) in [5.41, 5.74) is 3.11. The summed E-state index contributed by atoms with van der Waals surface area (Å²) < 4.78 is 0. The summed E-state index contributed by atoms with van der Waals surface area (Å²) in [4.78, 5) is 0. The molecule has 0 aliphatic rings. The Balaban J connectivity index is 0.000000686. The Morgan fingerprint density at radius 3 is 1.71 bits per heavy atom. The van der Waals surface area contributed by atoms with Crippen LogP contribution in [0.2, 0.25) is 10.0 Å². The highest BCUT2D eigenvalue weighted by molar-refractivity contribution is 6.36. The van der Waals surface area contributed by atoms with Crippen LogP contribution in [0.25, 0.3) is 11.1 Å². The van der Waals surface area contributed by atoms with Crippen molar-refractivity contribution in [1.82, 2.24) is 0 Å². The number of rotatable bonds is 1. The summed E-state index contributed by atoms with van der Waals surface area (Å²) in [6.45, 7) is 5.92. The van der Waals surface area contributed by atoms with E-state index < -0.39 is 0 Å². The fraction of sp³-hybridized carbons (Fsp3) is 0.200. The van der Waals surface area contributed by atoms with Crippen molar-refractivity contribution in [2.45, 2.75) is 20.8 Å². The van der Waals surface area contributed by atoms with Crippen molar-refractivity contribution in [3.8, 4) is 11.1 Å². The molecule has 0 saturated heterocycles. The van der Waals surface area contributed by atoms with E-state index in [-0.39, 0.29) is 0 Å². The van der Waals surface area contributed by atoms with Crippen LogP contribution in [0.5, 0.6) is 0 Å². The molecule has 2 aromatic carbocycles. The Kier molecular flexibility index (Phi) is 5.54. The number of halogens is 2. The van der Waals surface area contributed by atoms with Crippen molar-refractivity contribution in [2.24, 2.45) is 0 Å². The SMILES string of the molecule is CC.Cc1c(Cl)cc(-c2ccccc2)cc1Cl. The molecule has 0 amide bonds. The van der Waals surface area contributed by atoms with Crippen molar-refractivity contribution in [1.29, 1.82) is 0 Å². The van der Waals surface area contributed by atoms with Gasteiger partial charge in [-0.2, -0.15) is 0 Å². The first-order valence-electron chi connectivity index (χ1n) is 5.69. The first kappa shape index (κ1) is 14.1. The maximum Gasteiger partial charge on any atom is 0.0456 e. The second-order valence-electron chi connectivity index (χ2n) is 3.43. The molecule has 0 fully saturated rings. The third-order valence-corrected chi connectivity index (χ3v) is 3.17. The van der Waals surface area contributed by atoms with Crippen LogP contribution in [0, 0.1) is 6.92 Å². The van der Waals surface area contributed by atoms with Gasteiger partial charge in [0.05, 0.1) is 0 Å². The van der Waals surface area contributed by atoms with Gasteiger partial charge >= 0.3 is 0 Å². The van der Waals surface area contributed by atoms with Gasteiger partial charge in [0.1, 0.15) is 0 Å². The van der Waals surface area contributed by atoms with E-state index in [1.807, 2.05) is 63.2 Å². The zero-order valence-electron chi connectivity index (χ0n) is 10.3. The third kappa shape index (κ3) is 3.49. The lowest BCUT2D eigenvalue weighted by molar-refractivity contribution is 1.47. The lowest BCUT2D eigenvalue weighted by atomic mass is 10.0. The molecule has 0 saturated carbocycles. The summed E-state index contributed by atoms with van der Waals surface area (Å²) in [5, 5.41) is 1.42. The third-order valence-electron chi connectivity index (χ3n) is 2.39. The quantitative estimate of drug-likeness (QED) is 0.594. The highest BCUT2D eigenvalue weighted by atomic mass is 35.5. The van der Waals surface area contributed by atoms with Crippen molar-refractivity contribution in [3.05, 3.63) is 58.1 Å². The molecule has 0 heterocycles. The molecule has 0 aromatic heterocycles. The van der Waals surface area contributed by atoms with Crippen molar-refractivity contribution in [2.75, 3.05) is 0 Å². The summed E-state index contributed by atoms with van der Waals surface area (Å²) >= 11 is 12.2. The molecule has 0 bridgehead atoms. The molecule has 0 unspecified atom stereocenters. The van der Waals surface area contributed by atoms with E-state index in [4.69, 9.17) is 23.2 Å². The van der Waals surface area contributed by atoms with E-state index in [0.29, 0.717) is 10.0 Å². The van der Waals surface area contributed by atoms with Gasteiger partial charge in [0.2, 0.25) is 0 Å². The lowest BCUT2D eigenvalue weighted by Gasteiger charge is -2.06. The minimum atomic E-state index is 0.710. The first-order chi connectivity index (χ1) is 8.18. The topological polar surface area (TPSA) is 0 Å². The summed E-state index contributed by atoms with van der Waals surface area (Å²) in [6.07, 6.45) is 0. The highest BCUT2D eigenvalue weighted by Gasteiger charge is 2.04. The van der Waals surface area contributed by atoms with Gasteiger partial charge in [-0.3, -0.25) is 0 Å². The van der Waals surface area contributed by atoms with Crippen LogP contribution in [0.15, 0.2) is 42.5 Å². The standard InChI is InChI=1S/C13H10Cl2.C2H6/c1-9-12(14)7-11(8-13(9)15)10-5-3-2-4-6-10;1-2/h2-8H,1H3;1-2H3. The van der Waals surface area contributed by atoms with Crippen molar-refractivity contribution < 1.29 is 0 Å². The minimum Gasteiger partial charge on any atom is -0.0840 e. The van der Waals surface area contributed by atoms with Crippen LogP contribution in [0.4, 0.5) is 0 Å². The predicted molar refractivity (Wildman–Crippen MR) is 78.0 cm³/mol. The average Bonchev–Trinajstić information content (AvgIpc) is 2.39. The molecule has 90 valence electrons. The Morgan fingerprint density at radius 1 is 0.765 bits per heavy atom. The van der Waals surface area contributed by atoms with Crippen LogP contribution in [-0.4, -0.2) is 0 Å². The van der Waals surface area contributed by atoms with Gasteiger partial charge in [0.25, 0.3) is 0 Å². The fourth-order valence-electron chi connectivity index (χ4n) is 1.44. The fourth-order valence-corrected chi connectivity index (χ4v) is 1.93. The first-order valence-corrected chi connectivity index (χ1v) is 6.45. The van der Waals surface area contributed by atoms with E-state index in [0.717, 1.165) is 16.7 Å². The molecule has 2 rings (SSSR count). The van der Waals surface area contributed by atoms with E-state index in [1.54, 1.807) is 0 Å². The van der Waals surface area contributed by atoms with E-state index in [2.05, 4.69) is 0 Å². The average molecular weight is 267 g/mol. The zero-order chi connectivity index (χ0) is 12.8. The largest absolute Gasteiger partial charge is 0.0840 e. The second-order valence-corrected chi connectivity index (χ2v) is 4.25. The summed E-state index contributed by atoms with van der Waals surface area (Å²) in [6, 6.07) is 13.9. The predicted octanol–water partition coefficient (Wildman–Crippen LogP) is 6.00. The molecule has 0 aliphatic heterocycles. The van der Waals surface area contributed by atoms with Gasteiger partial charge in [0.15, 0.2) is 0 Å². The molecular formula is C15H16Cl2. The van der Waals surface area contributed by atoms with E-state index in [1.165, 1.54) is 0 Å². The van der Waals surface area contributed by atoms with E-state index >= 15 is 0 Å². The number of benzene rings is 2. The molecular weight excluding hydrogens is 251 g/mol. The van der Waals surface area contributed by atoms with Crippen molar-refractivity contribution in [3.63, 3.8) is 0 Å². The monoisotopic (exact) mass is 266 g/mol. The molecule has 0 atom stereocenters. The minimum absolute atomic E-state index is 0.710. The molecule has 2 heteroatoms. The molecule has 0 aliphatic carbocycles. The van der Waals surface area contributed by atoms with Gasteiger partial charge < -0.3 is 0 Å². The Bertz CT molecular complexity index is 453. The van der Waals surface area contributed by atoms with Gasteiger partial charge in [-0.05, 0) is 35.7 Å². The van der Waals surface area contributed by atoms with Crippen LogP contribution in [0.3, 0.4) is 0 Å². The number of hydrogen-bond donors (Lipinski definition) is 0. The van der Waals surface area contributed by atoms with Crippen molar-refractivity contribution >= 4 is 23.2 Å². The molecule has 17 heavy (non-hydrogen) atoms. The molecule has 0 radical (unpaired) electrons. The van der Waals surface area contributed by atoms with Crippen LogP contribution in [0.1, 0.15) is 19.4 Å². The van der Waals surface area contributed by atoms with Gasteiger partial charge in [-0.25, -0.2) is 0 Å². The molecule has 0 N–H and O–H groups in total. The second kappa shape index (κ2) is 6.68. The van der Waals surface area contributed by atoms with Crippen LogP contribution < -0.4 is 0 Å². The molecule has 2 aromatic rings. The maximum absolute atomic E-state index is 6.08. The molecule has 0 spiro atoms. The zero-order valence-corrected chi connectivity index (χ0v) is 11.8. The highest BCUT2D eigenvalue weighted by Crippen LogP contribution is 2.30. The Morgan fingerprint density at radius 2 is 1.24 bits per heavy atom. The smallest absolute Gasteiger partial charge is 0.0456 e. The summed E-state index contributed by atoms with van der Waals surface area (Å²) in [5.74, 6) is 0. The maximum atomic E-state index is 6.08. The summed E-state index contributed by atoms with van der Waals surface area (Å²) in [7, 11) is 0. The van der Waals surface area contributed by atoms with Crippen LogP contribution in [-0.2, 0) is 0 Å². The lowest BCUT2D eigenvalue weighted by Crippen LogP contribution is -1.82. The Labute approximate surface area is 113 Å². The normalized spacial score (nSPS) is 9.47. The number of hydrogen-bond acceptors (Lipinski definition) is 0.